The minimum Gasteiger partial charge on any atom is -0.393 e. The Balaban J connectivity index is 1.75. The van der Waals surface area contributed by atoms with Gasteiger partial charge >= 0.3 is 0 Å². The van der Waals surface area contributed by atoms with Crippen molar-refractivity contribution < 1.29 is 22.5 Å². The molecule has 0 saturated carbocycles. The zero-order valence-corrected chi connectivity index (χ0v) is 19.3. The van der Waals surface area contributed by atoms with Gasteiger partial charge in [0.1, 0.15) is 5.82 Å². The smallest absolute Gasteiger partial charge is 0.294 e. The van der Waals surface area contributed by atoms with Crippen molar-refractivity contribution in [2.24, 2.45) is 5.11 Å². The van der Waals surface area contributed by atoms with Crippen LogP contribution in [0.25, 0.3) is 10.4 Å². The van der Waals surface area contributed by atoms with Crippen molar-refractivity contribution in [3.8, 4) is 0 Å². The standard InChI is InChI=1S/C25H24FN3O4S/c1-15-6-9-24(34(31,32)33)18(10-15)12-20(30)14-23-21-5-3-2-4-16(21)11-17-7-8-19(26)13-22(17)25(23)28-29-27/h2-10,13,20,23,25,30H,11-12,14H2,1H3,(H,31,32,33)/t20-,23+,25+/m0/s1. The Morgan fingerprint density at radius 1 is 1.12 bits per heavy atom. The molecular weight excluding hydrogens is 457 g/mol. The molecule has 9 heteroatoms. The molecule has 0 aliphatic heterocycles. The van der Waals surface area contributed by atoms with Gasteiger partial charge in [0, 0.05) is 4.91 Å². The highest BCUT2D eigenvalue weighted by Crippen LogP contribution is 2.44. The first-order chi connectivity index (χ1) is 16.2. The molecule has 0 heterocycles. The van der Waals surface area contributed by atoms with Crippen LogP contribution in [0.1, 0.15) is 51.8 Å². The van der Waals surface area contributed by atoms with E-state index >= 15 is 0 Å². The summed E-state index contributed by atoms with van der Waals surface area (Å²) in [5.41, 5.74) is 13.7. The molecule has 2 N–H and O–H groups in total. The molecule has 1 aliphatic carbocycles. The van der Waals surface area contributed by atoms with Crippen LogP contribution in [0.4, 0.5) is 4.39 Å². The SMILES string of the molecule is Cc1ccc(S(=O)(=O)O)c(C[C@H](O)C[C@@H]2c3ccccc3Cc3ccc(F)cc3[C@H]2N=[N+]=[N-])c1. The first kappa shape index (κ1) is 23.9. The largest absolute Gasteiger partial charge is 0.393 e. The lowest BCUT2D eigenvalue weighted by molar-refractivity contribution is 0.150. The van der Waals surface area contributed by atoms with Crippen molar-refractivity contribution in [2.45, 2.75) is 49.1 Å². The van der Waals surface area contributed by atoms with Crippen molar-refractivity contribution >= 4 is 10.1 Å². The summed E-state index contributed by atoms with van der Waals surface area (Å²) in [6, 6.07) is 15.8. The van der Waals surface area contributed by atoms with Crippen molar-refractivity contribution in [1.29, 1.82) is 0 Å². The maximum absolute atomic E-state index is 14.2. The third kappa shape index (κ3) is 4.98. The topological polar surface area (TPSA) is 123 Å². The Labute approximate surface area is 197 Å². The molecular formula is C25H24FN3O4S. The molecule has 3 aromatic carbocycles. The lowest BCUT2D eigenvalue weighted by Gasteiger charge is -2.27. The Hall–Kier alpha value is -3.23. The molecule has 0 saturated heterocycles. The second-order valence-corrected chi connectivity index (χ2v) is 10.0. The van der Waals surface area contributed by atoms with Gasteiger partial charge in [-0.25, -0.2) is 4.39 Å². The first-order valence-electron chi connectivity index (χ1n) is 10.8. The van der Waals surface area contributed by atoms with Crippen molar-refractivity contribution in [1.82, 2.24) is 0 Å². The maximum atomic E-state index is 14.2. The number of aryl methyl sites for hydroxylation is 1. The van der Waals surface area contributed by atoms with Gasteiger partial charge < -0.3 is 5.11 Å². The fraction of sp³-hybridized carbons (Fsp3) is 0.280. The number of nitrogens with zero attached hydrogens (tertiary/aromatic N) is 3. The minimum absolute atomic E-state index is 0.0333. The average molecular weight is 482 g/mol. The van der Waals surface area contributed by atoms with Crippen LogP contribution in [0.3, 0.4) is 0 Å². The highest BCUT2D eigenvalue weighted by atomic mass is 32.2. The Morgan fingerprint density at radius 2 is 1.85 bits per heavy atom. The fourth-order valence-corrected chi connectivity index (χ4v) is 5.57. The lowest BCUT2D eigenvalue weighted by atomic mass is 9.82. The predicted molar refractivity (Wildman–Crippen MR) is 126 cm³/mol. The number of rotatable bonds is 6. The fourth-order valence-electron chi connectivity index (χ4n) is 4.85. The van der Waals surface area contributed by atoms with Crippen LogP contribution in [0.2, 0.25) is 0 Å². The summed E-state index contributed by atoms with van der Waals surface area (Å²) in [5, 5.41) is 15.1. The lowest BCUT2D eigenvalue weighted by Crippen LogP contribution is -2.20. The van der Waals surface area contributed by atoms with E-state index in [9.17, 15) is 28.0 Å². The predicted octanol–water partition coefficient (Wildman–Crippen LogP) is 5.41. The minimum atomic E-state index is -4.47. The van der Waals surface area contributed by atoms with Crippen LogP contribution in [0.5, 0.6) is 0 Å². The van der Waals surface area contributed by atoms with Gasteiger partial charge in [0.25, 0.3) is 10.1 Å². The van der Waals surface area contributed by atoms with Crippen LogP contribution in [0.15, 0.2) is 70.7 Å². The van der Waals surface area contributed by atoms with Crippen LogP contribution in [-0.4, -0.2) is 24.2 Å². The van der Waals surface area contributed by atoms with Gasteiger partial charge in [-0.1, -0.05) is 53.1 Å². The molecule has 0 spiro atoms. The molecule has 0 radical (unpaired) electrons. The highest BCUT2D eigenvalue weighted by molar-refractivity contribution is 7.85. The number of hydrogen-bond acceptors (Lipinski definition) is 4. The molecule has 0 unspecified atom stereocenters. The van der Waals surface area contributed by atoms with Gasteiger partial charge in [-0.05, 0) is 83.7 Å². The van der Waals surface area contributed by atoms with Gasteiger partial charge in [0.05, 0.1) is 17.0 Å². The molecule has 0 amide bonds. The van der Waals surface area contributed by atoms with Crippen LogP contribution in [-0.2, 0) is 23.0 Å². The van der Waals surface area contributed by atoms with Gasteiger partial charge in [-0.2, -0.15) is 8.42 Å². The maximum Gasteiger partial charge on any atom is 0.294 e. The Kier molecular flexibility index (Phi) is 6.72. The molecule has 0 fully saturated rings. The van der Waals surface area contributed by atoms with Crippen LogP contribution >= 0.6 is 0 Å². The summed E-state index contributed by atoms with van der Waals surface area (Å²) in [6.45, 7) is 1.79. The van der Waals surface area contributed by atoms with Gasteiger partial charge in [0.15, 0.2) is 0 Å². The van der Waals surface area contributed by atoms with Gasteiger partial charge in [0.2, 0.25) is 0 Å². The normalized spacial score (nSPS) is 18.2. The summed E-state index contributed by atoms with van der Waals surface area (Å²) < 4.78 is 47.5. The third-order valence-electron chi connectivity index (χ3n) is 6.29. The van der Waals surface area contributed by atoms with E-state index in [1.807, 2.05) is 24.3 Å². The average Bonchev–Trinajstić information content (AvgIpc) is 2.88. The molecule has 1 aliphatic rings. The van der Waals surface area contributed by atoms with E-state index in [1.165, 1.54) is 18.2 Å². The molecule has 7 nitrogen and oxygen atoms in total. The number of benzene rings is 3. The first-order valence-corrected chi connectivity index (χ1v) is 12.3. The Morgan fingerprint density at radius 3 is 2.59 bits per heavy atom. The number of azide groups is 1. The van der Waals surface area contributed by atoms with Gasteiger partial charge in [-0.3, -0.25) is 4.55 Å². The molecule has 0 aromatic heterocycles. The van der Waals surface area contributed by atoms with E-state index in [1.54, 1.807) is 25.1 Å². The monoisotopic (exact) mass is 481 g/mol. The summed E-state index contributed by atoms with van der Waals surface area (Å²) in [6.07, 6.45) is -0.392. The van der Waals surface area contributed by atoms with Crippen molar-refractivity contribution in [3.05, 3.63) is 110 Å². The summed E-state index contributed by atoms with van der Waals surface area (Å²) in [5.74, 6) is -0.913. The number of halogens is 1. The molecule has 34 heavy (non-hydrogen) atoms. The number of aliphatic hydroxyl groups excluding tert-OH is 1. The third-order valence-corrected chi connectivity index (χ3v) is 7.25. The van der Waals surface area contributed by atoms with Crippen molar-refractivity contribution in [2.75, 3.05) is 0 Å². The van der Waals surface area contributed by atoms with E-state index < -0.39 is 34.0 Å². The molecule has 3 aromatic rings. The molecule has 3 atom stereocenters. The van der Waals surface area contributed by atoms with E-state index in [0.29, 0.717) is 17.5 Å². The van der Waals surface area contributed by atoms with Crippen LogP contribution in [0, 0.1) is 12.7 Å². The molecule has 0 bridgehead atoms. The Bertz CT molecular complexity index is 1390. The van der Waals surface area contributed by atoms with E-state index in [-0.39, 0.29) is 17.7 Å². The second kappa shape index (κ2) is 9.56. The van der Waals surface area contributed by atoms with E-state index in [4.69, 9.17) is 0 Å². The zero-order chi connectivity index (χ0) is 24.5. The molecule has 176 valence electrons. The van der Waals surface area contributed by atoms with Gasteiger partial charge in [-0.15, -0.1) is 0 Å². The molecule has 4 rings (SSSR count). The number of aliphatic hydroxyl groups is 1. The summed E-state index contributed by atoms with van der Waals surface area (Å²) in [4.78, 5) is 2.76. The van der Waals surface area contributed by atoms with E-state index in [0.717, 1.165) is 22.3 Å². The quantitative estimate of drug-likeness (QED) is 0.211. The number of hydrogen-bond donors (Lipinski definition) is 2. The van der Waals surface area contributed by atoms with Crippen LogP contribution < -0.4 is 0 Å². The number of fused-ring (bicyclic) bond motifs is 2. The summed E-state index contributed by atoms with van der Waals surface area (Å²) >= 11 is 0. The highest BCUT2D eigenvalue weighted by Gasteiger charge is 2.33. The second-order valence-electron chi connectivity index (χ2n) is 8.65. The summed E-state index contributed by atoms with van der Waals surface area (Å²) in [7, 11) is -4.47. The zero-order valence-electron chi connectivity index (χ0n) is 18.5. The van der Waals surface area contributed by atoms with Crippen molar-refractivity contribution in [3.63, 3.8) is 0 Å². The van der Waals surface area contributed by atoms with E-state index in [2.05, 4.69) is 10.0 Å².